The maximum atomic E-state index is 13.0. The van der Waals surface area contributed by atoms with Crippen molar-refractivity contribution in [3.8, 4) is 0 Å². The monoisotopic (exact) mass is 559 g/mol. The fraction of sp³-hybridized carbons (Fsp3) is 0.286. The smallest absolute Gasteiger partial charge is 0.410 e. The van der Waals surface area contributed by atoms with Crippen molar-refractivity contribution in [2.45, 2.75) is 48.7 Å². The van der Waals surface area contributed by atoms with E-state index in [1.807, 2.05) is 0 Å². The number of sulfone groups is 1. The molecule has 0 fully saturated rings. The first-order chi connectivity index (χ1) is 17.8. The standard InChI is InChI=1S/C28H30ClNO7S/c1-28(2,3)37-27(34)30(18-25(31)20-6-4-8-22(29)16-20)15-14-19-10-12-23(13-11-19)38(35,36)24-9-5-7-21(17-24)26(32)33/h4-13,16-17,25,31H,14-15,18H2,1-3H3,(H,32,33)/t25-/m1/s1. The minimum atomic E-state index is -3.92. The van der Waals surface area contributed by atoms with E-state index in [2.05, 4.69) is 0 Å². The molecular weight excluding hydrogens is 530 g/mol. The number of carbonyl (C=O) groups is 2. The molecule has 0 saturated heterocycles. The number of benzene rings is 3. The predicted molar refractivity (Wildman–Crippen MR) is 143 cm³/mol. The third-order valence-electron chi connectivity index (χ3n) is 5.57. The Hall–Kier alpha value is -3.40. The van der Waals surface area contributed by atoms with Gasteiger partial charge in [-0.2, -0.15) is 0 Å². The summed E-state index contributed by atoms with van der Waals surface area (Å²) < 4.78 is 31.5. The number of hydrogen-bond donors (Lipinski definition) is 2. The molecule has 2 N–H and O–H groups in total. The molecule has 1 atom stereocenters. The van der Waals surface area contributed by atoms with Crippen molar-refractivity contribution in [3.05, 3.63) is 94.5 Å². The molecule has 1 amide bonds. The van der Waals surface area contributed by atoms with Crippen LogP contribution in [0, 0.1) is 0 Å². The van der Waals surface area contributed by atoms with Crippen LogP contribution >= 0.6 is 11.6 Å². The van der Waals surface area contributed by atoms with Gasteiger partial charge in [-0.15, -0.1) is 0 Å². The third kappa shape index (κ3) is 7.80. The molecule has 0 aliphatic rings. The lowest BCUT2D eigenvalue weighted by Crippen LogP contribution is -2.40. The number of ether oxygens (including phenoxy) is 1. The molecule has 10 heteroatoms. The van der Waals surface area contributed by atoms with E-state index in [4.69, 9.17) is 21.4 Å². The van der Waals surface area contributed by atoms with Gasteiger partial charge in [0.25, 0.3) is 0 Å². The molecule has 0 aromatic heterocycles. The highest BCUT2D eigenvalue weighted by atomic mass is 35.5. The summed E-state index contributed by atoms with van der Waals surface area (Å²) in [6.45, 7) is 5.44. The number of aromatic carboxylic acids is 1. The first-order valence-corrected chi connectivity index (χ1v) is 13.7. The Bertz CT molecular complexity index is 1400. The summed E-state index contributed by atoms with van der Waals surface area (Å²) >= 11 is 6.04. The van der Waals surface area contributed by atoms with Gasteiger partial charge in [0.1, 0.15) is 5.60 Å². The Labute approximate surface area is 227 Å². The van der Waals surface area contributed by atoms with Gasteiger partial charge in [0.2, 0.25) is 9.84 Å². The van der Waals surface area contributed by atoms with E-state index in [1.54, 1.807) is 57.2 Å². The lowest BCUT2D eigenvalue weighted by atomic mass is 10.1. The fourth-order valence-corrected chi connectivity index (χ4v) is 5.15. The minimum absolute atomic E-state index is 0.0177. The van der Waals surface area contributed by atoms with Crippen LogP contribution in [0.1, 0.15) is 48.4 Å². The number of carboxylic acids is 1. The third-order valence-corrected chi connectivity index (χ3v) is 7.58. The van der Waals surface area contributed by atoms with Crippen LogP contribution in [0.3, 0.4) is 0 Å². The summed E-state index contributed by atoms with van der Waals surface area (Å²) in [5, 5.41) is 20.4. The minimum Gasteiger partial charge on any atom is -0.478 e. The summed E-state index contributed by atoms with van der Waals surface area (Å²) in [5.74, 6) is -1.22. The summed E-state index contributed by atoms with van der Waals surface area (Å²) in [4.78, 5) is 25.4. The maximum absolute atomic E-state index is 13.0. The van der Waals surface area contributed by atoms with E-state index < -0.39 is 33.6 Å². The van der Waals surface area contributed by atoms with Gasteiger partial charge in [0.15, 0.2) is 0 Å². The van der Waals surface area contributed by atoms with Crippen LogP contribution in [0.4, 0.5) is 4.79 Å². The molecule has 0 heterocycles. The summed E-state index contributed by atoms with van der Waals surface area (Å²) in [7, 11) is -3.92. The number of hydrogen-bond acceptors (Lipinski definition) is 6. The fourth-order valence-electron chi connectivity index (χ4n) is 3.64. The first-order valence-electron chi connectivity index (χ1n) is 11.8. The van der Waals surface area contributed by atoms with Crippen LogP contribution in [0.2, 0.25) is 5.02 Å². The topological polar surface area (TPSA) is 121 Å². The zero-order valence-electron chi connectivity index (χ0n) is 21.3. The predicted octanol–water partition coefficient (Wildman–Crippen LogP) is 5.38. The Kier molecular flexibility index (Phi) is 9.19. The van der Waals surface area contributed by atoms with Gasteiger partial charge in [-0.05, 0) is 80.8 Å². The molecule has 3 rings (SSSR count). The zero-order valence-corrected chi connectivity index (χ0v) is 22.9. The van der Waals surface area contributed by atoms with Crippen molar-refractivity contribution in [1.29, 1.82) is 0 Å². The molecule has 0 unspecified atom stereocenters. The summed E-state index contributed by atoms with van der Waals surface area (Å²) in [6.07, 6.45) is -1.21. The molecule has 0 bridgehead atoms. The molecule has 202 valence electrons. The highest BCUT2D eigenvalue weighted by Crippen LogP contribution is 2.23. The van der Waals surface area contributed by atoms with E-state index in [1.165, 1.54) is 35.2 Å². The van der Waals surface area contributed by atoms with E-state index >= 15 is 0 Å². The number of rotatable bonds is 9. The molecule has 0 spiro atoms. The lowest BCUT2D eigenvalue weighted by molar-refractivity contribution is 0.0147. The second kappa shape index (κ2) is 12.0. The van der Waals surface area contributed by atoms with Crippen LogP contribution < -0.4 is 0 Å². The van der Waals surface area contributed by atoms with Gasteiger partial charge < -0.3 is 19.8 Å². The van der Waals surface area contributed by atoms with Crippen molar-refractivity contribution in [2.75, 3.05) is 13.1 Å². The summed E-state index contributed by atoms with van der Waals surface area (Å²) in [6, 6.07) is 18.1. The van der Waals surface area contributed by atoms with Gasteiger partial charge in [0.05, 0.1) is 28.0 Å². The Morgan fingerprint density at radius 3 is 2.24 bits per heavy atom. The van der Waals surface area contributed by atoms with Crippen LogP contribution in [0.5, 0.6) is 0 Å². The number of halogens is 1. The second-order valence-electron chi connectivity index (χ2n) is 9.73. The molecule has 3 aromatic rings. The SMILES string of the molecule is CC(C)(C)OC(=O)N(CCc1ccc(S(=O)(=O)c2cccc(C(=O)O)c2)cc1)C[C@@H](O)c1cccc(Cl)c1. The molecule has 0 aliphatic heterocycles. The quantitative estimate of drug-likeness (QED) is 0.361. The molecule has 3 aromatic carbocycles. The number of carbonyl (C=O) groups excluding carboxylic acids is 1. The summed E-state index contributed by atoms with van der Waals surface area (Å²) in [5.41, 5.74) is 0.469. The largest absolute Gasteiger partial charge is 0.478 e. The second-order valence-corrected chi connectivity index (χ2v) is 12.1. The van der Waals surface area contributed by atoms with E-state index in [-0.39, 0.29) is 28.4 Å². The van der Waals surface area contributed by atoms with Crippen molar-refractivity contribution < 1.29 is 33.0 Å². The average Bonchev–Trinajstić information content (AvgIpc) is 2.85. The van der Waals surface area contributed by atoms with Gasteiger partial charge in [-0.25, -0.2) is 18.0 Å². The van der Waals surface area contributed by atoms with Crippen molar-refractivity contribution in [2.24, 2.45) is 0 Å². The molecular formula is C28H30ClNO7S. The van der Waals surface area contributed by atoms with Crippen molar-refractivity contribution in [3.63, 3.8) is 0 Å². The van der Waals surface area contributed by atoms with Gasteiger partial charge in [0, 0.05) is 11.6 Å². The highest BCUT2D eigenvalue weighted by Gasteiger charge is 2.25. The van der Waals surface area contributed by atoms with Crippen LogP contribution in [-0.4, -0.2) is 54.3 Å². The average molecular weight is 560 g/mol. The first kappa shape index (κ1) is 29.2. The molecule has 0 radical (unpaired) electrons. The number of amides is 1. The molecule has 38 heavy (non-hydrogen) atoms. The highest BCUT2D eigenvalue weighted by molar-refractivity contribution is 7.91. The van der Waals surface area contributed by atoms with Crippen LogP contribution in [-0.2, 0) is 21.0 Å². The maximum Gasteiger partial charge on any atom is 0.410 e. The van der Waals surface area contributed by atoms with Crippen molar-refractivity contribution in [1.82, 2.24) is 4.90 Å². The molecule has 0 saturated carbocycles. The number of aliphatic hydroxyl groups is 1. The Morgan fingerprint density at radius 2 is 1.63 bits per heavy atom. The molecule has 8 nitrogen and oxygen atoms in total. The van der Waals surface area contributed by atoms with E-state index in [0.717, 1.165) is 11.6 Å². The Morgan fingerprint density at radius 1 is 0.974 bits per heavy atom. The normalized spacial score (nSPS) is 12.6. The van der Waals surface area contributed by atoms with Crippen molar-refractivity contribution >= 4 is 33.5 Å². The number of carboxylic acid groups (broad SMARTS) is 1. The van der Waals surface area contributed by atoms with Crippen LogP contribution in [0.25, 0.3) is 0 Å². The van der Waals surface area contributed by atoms with Crippen LogP contribution in [0.15, 0.2) is 82.6 Å². The van der Waals surface area contributed by atoms with E-state index in [9.17, 15) is 23.1 Å². The van der Waals surface area contributed by atoms with E-state index in [0.29, 0.717) is 17.0 Å². The lowest BCUT2D eigenvalue weighted by Gasteiger charge is -2.29. The molecule has 0 aliphatic carbocycles. The zero-order chi connectivity index (χ0) is 28.1. The number of nitrogens with zero attached hydrogens (tertiary/aromatic N) is 1. The van der Waals surface area contributed by atoms with Gasteiger partial charge in [-0.3, -0.25) is 0 Å². The Balaban J connectivity index is 1.75. The number of aliphatic hydroxyl groups excluding tert-OH is 1. The van der Waals surface area contributed by atoms with Gasteiger partial charge in [-0.1, -0.05) is 41.9 Å². The van der Waals surface area contributed by atoms with Gasteiger partial charge >= 0.3 is 12.1 Å².